The Morgan fingerprint density at radius 2 is 2.25 bits per heavy atom. The molecule has 112 valence electrons. The van der Waals surface area contributed by atoms with Crippen LogP contribution in [0.4, 0.5) is 4.39 Å². The van der Waals surface area contributed by atoms with Crippen molar-refractivity contribution in [3.63, 3.8) is 0 Å². The Morgan fingerprint density at radius 3 is 2.90 bits per heavy atom. The predicted molar refractivity (Wildman–Crippen MR) is 79.0 cm³/mol. The lowest BCUT2D eigenvalue weighted by Crippen LogP contribution is -2.49. The van der Waals surface area contributed by atoms with E-state index >= 15 is 0 Å². The molecule has 1 saturated heterocycles. The molecule has 1 aliphatic rings. The van der Waals surface area contributed by atoms with Crippen molar-refractivity contribution in [2.75, 3.05) is 19.7 Å². The Kier molecular flexibility index (Phi) is 5.52. The fourth-order valence-electron chi connectivity index (χ4n) is 2.88. The number of ether oxygens (including phenoxy) is 1. The van der Waals surface area contributed by atoms with Crippen LogP contribution in [0.25, 0.3) is 0 Å². The van der Waals surface area contributed by atoms with Crippen molar-refractivity contribution < 1.29 is 9.13 Å². The third-order valence-corrected chi connectivity index (χ3v) is 4.09. The summed E-state index contributed by atoms with van der Waals surface area (Å²) in [7, 11) is 0. The van der Waals surface area contributed by atoms with Crippen molar-refractivity contribution in [3.05, 3.63) is 35.6 Å². The van der Waals surface area contributed by atoms with Crippen LogP contribution in [0.1, 0.15) is 38.3 Å². The fraction of sp³-hybridized carbons (Fsp3) is 0.625. The summed E-state index contributed by atoms with van der Waals surface area (Å²) in [5, 5.41) is 0. The van der Waals surface area contributed by atoms with Crippen LogP contribution in [0.5, 0.6) is 0 Å². The van der Waals surface area contributed by atoms with Gasteiger partial charge in [0.2, 0.25) is 0 Å². The first-order valence-electron chi connectivity index (χ1n) is 7.52. The molecule has 1 aromatic rings. The van der Waals surface area contributed by atoms with Gasteiger partial charge in [0.15, 0.2) is 0 Å². The van der Waals surface area contributed by atoms with Crippen LogP contribution in [0.15, 0.2) is 24.3 Å². The van der Waals surface area contributed by atoms with Crippen LogP contribution in [0.2, 0.25) is 0 Å². The first-order chi connectivity index (χ1) is 9.65. The van der Waals surface area contributed by atoms with E-state index in [1.165, 1.54) is 6.07 Å². The Labute approximate surface area is 120 Å². The quantitative estimate of drug-likeness (QED) is 0.901. The van der Waals surface area contributed by atoms with Crippen LogP contribution in [0.3, 0.4) is 0 Å². The number of hydrogen-bond donors (Lipinski definition) is 1. The molecule has 3 unspecified atom stereocenters. The predicted octanol–water partition coefficient (Wildman–Crippen LogP) is 2.71. The van der Waals surface area contributed by atoms with Crippen molar-refractivity contribution in [1.82, 2.24) is 4.90 Å². The van der Waals surface area contributed by atoms with E-state index < -0.39 is 0 Å². The van der Waals surface area contributed by atoms with E-state index in [1.54, 1.807) is 12.1 Å². The first-order valence-corrected chi connectivity index (χ1v) is 7.52. The van der Waals surface area contributed by atoms with E-state index in [2.05, 4.69) is 18.7 Å². The molecule has 0 saturated carbocycles. The molecule has 0 bridgehead atoms. The monoisotopic (exact) mass is 280 g/mol. The number of hydrogen-bond acceptors (Lipinski definition) is 3. The largest absolute Gasteiger partial charge is 0.376 e. The molecular formula is C16H25FN2O. The van der Waals surface area contributed by atoms with Crippen molar-refractivity contribution >= 4 is 0 Å². The molecule has 20 heavy (non-hydrogen) atoms. The normalized spacial score (nSPS) is 23.5. The highest BCUT2D eigenvalue weighted by atomic mass is 19.1. The minimum Gasteiger partial charge on any atom is -0.376 e. The van der Waals surface area contributed by atoms with Crippen molar-refractivity contribution in [3.8, 4) is 0 Å². The van der Waals surface area contributed by atoms with E-state index in [0.29, 0.717) is 0 Å². The molecule has 2 N–H and O–H groups in total. The minimum absolute atomic E-state index is 0.00686. The average molecular weight is 280 g/mol. The minimum atomic E-state index is -0.198. The van der Waals surface area contributed by atoms with Crippen LogP contribution in [-0.4, -0.2) is 36.7 Å². The van der Waals surface area contributed by atoms with Gasteiger partial charge in [0.1, 0.15) is 5.82 Å². The molecule has 1 fully saturated rings. The third kappa shape index (κ3) is 3.57. The van der Waals surface area contributed by atoms with Gasteiger partial charge >= 0.3 is 0 Å². The molecule has 0 aromatic heterocycles. The van der Waals surface area contributed by atoms with Gasteiger partial charge in [-0.3, -0.25) is 4.90 Å². The Morgan fingerprint density at radius 1 is 1.45 bits per heavy atom. The molecule has 3 atom stereocenters. The number of morpholine rings is 1. The maximum absolute atomic E-state index is 13.5. The topological polar surface area (TPSA) is 38.5 Å². The highest BCUT2D eigenvalue weighted by Crippen LogP contribution is 2.28. The van der Waals surface area contributed by atoms with Crippen LogP contribution >= 0.6 is 0 Å². The molecule has 0 radical (unpaired) electrons. The van der Waals surface area contributed by atoms with E-state index in [4.69, 9.17) is 10.5 Å². The smallest absolute Gasteiger partial charge is 0.123 e. The molecular weight excluding hydrogens is 255 g/mol. The lowest BCUT2D eigenvalue weighted by molar-refractivity contribution is -0.0487. The second kappa shape index (κ2) is 7.16. The van der Waals surface area contributed by atoms with Gasteiger partial charge in [-0.1, -0.05) is 26.0 Å². The maximum atomic E-state index is 13.5. The summed E-state index contributed by atoms with van der Waals surface area (Å²) in [6.07, 6.45) is 2.12. The number of nitrogens with zero attached hydrogens (tertiary/aromatic N) is 1. The molecule has 2 rings (SSSR count). The summed E-state index contributed by atoms with van der Waals surface area (Å²) in [6.45, 7) is 6.65. The van der Waals surface area contributed by atoms with Gasteiger partial charge in [-0.25, -0.2) is 4.39 Å². The summed E-state index contributed by atoms with van der Waals surface area (Å²) >= 11 is 0. The zero-order valence-electron chi connectivity index (χ0n) is 12.4. The first kappa shape index (κ1) is 15.4. The van der Waals surface area contributed by atoms with Crippen molar-refractivity contribution in [1.29, 1.82) is 0 Å². The molecule has 4 heteroatoms. The fourth-order valence-corrected chi connectivity index (χ4v) is 2.88. The lowest BCUT2D eigenvalue weighted by Gasteiger charge is -2.40. The molecule has 1 aromatic carbocycles. The Bertz CT molecular complexity index is 427. The van der Waals surface area contributed by atoms with Crippen molar-refractivity contribution in [2.45, 2.75) is 44.9 Å². The summed E-state index contributed by atoms with van der Waals surface area (Å²) in [5.41, 5.74) is 7.28. The number of benzene rings is 1. The lowest BCUT2D eigenvalue weighted by atomic mass is 9.95. The second-order valence-electron chi connectivity index (χ2n) is 5.47. The molecule has 0 spiro atoms. The zero-order valence-corrected chi connectivity index (χ0v) is 12.4. The summed E-state index contributed by atoms with van der Waals surface area (Å²) < 4.78 is 19.2. The van der Waals surface area contributed by atoms with Gasteiger partial charge in [0.25, 0.3) is 0 Å². The van der Waals surface area contributed by atoms with Crippen LogP contribution in [-0.2, 0) is 4.74 Å². The third-order valence-electron chi connectivity index (χ3n) is 4.09. The Hall–Kier alpha value is -0.970. The summed E-state index contributed by atoms with van der Waals surface area (Å²) in [6, 6.07) is 6.89. The van der Waals surface area contributed by atoms with Gasteiger partial charge in [-0.2, -0.15) is 0 Å². The standard InChI is InChI=1S/C16H25FN2O/c1-3-14-11-19(8-9-20-14)16(15(18)4-2)12-6-5-7-13(17)10-12/h5-7,10,14-16H,3-4,8-9,11,18H2,1-2H3. The van der Waals surface area contributed by atoms with E-state index in [0.717, 1.165) is 38.1 Å². The molecule has 3 nitrogen and oxygen atoms in total. The van der Waals surface area contributed by atoms with Gasteiger partial charge < -0.3 is 10.5 Å². The number of nitrogens with two attached hydrogens (primary N) is 1. The van der Waals surface area contributed by atoms with Crippen LogP contribution < -0.4 is 5.73 Å². The Balaban J connectivity index is 2.23. The van der Waals surface area contributed by atoms with Gasteiger partial charge in [-0.15, -0.1) is 0 Å². The van der Waals surface area contributed by atoms with E-state index in [-0.39, 0.29) is 24.0 Å². The molecule has 0 aliphatic carbocycles. The zero-order chi connectivity index (χ0) is 14.5. The summed E-state index contributed by atoms with van der Waals surface area (Å²) in [4.78, 5) is 2.35. The second-order valence-corrected chi connectivity index (χ2v) is 5.47. The molecule has 1 heterocycles. The van der Waals surface area contributed by atoms with Gasteiger partial charge in [-0.05, 0) is 30.5 Å². The van der Waals surface area contributed by atoms with Crippen LogP contribution in [0, 0.1) is 5.82 Å². The van der Waals surface area contributed by atoms with E-state index in [1.807, 2.05) is 6.07 Å². The van der Waals surface area contributed by atoms with Gasteiger partial charge in [0, 0.05) is 19.1 Å². The summed E-state index contributed by atoms with van der Waals surface area (Å²) in [5.74, 6) is -0.198. The number of rotatable bonds is 5. The van der Waals surface area contributed by atoms with Gasteiger partial charge in [0.05, 0.1) is 18.8 Å². The van der Waals surface area contributed by atoms with Crippen molar-refractivity contribution in [2.24, 2.45) is 5.73 Å². The average Bonchev–Trinajstić information content (AvgIpc) is 2.47. The highest BCUT2D eigenvalue weighted by molar-refractivity contribution is 5.22. The highest BCUT2D eigenvalue weighted by Gasteiger charge is 2.30. The molecule has 1 aliphatic heterocycles. The molecule has 0 amide bonds. The number of halogens is 1. The maximum Gasteiger partial charge on any atom is 0.123 e. The van der Waals surface area contributed by atoms with E-state index in [9.17, 15) is 4.39 Å². The SMILES string of the molecule is CCC1CN(C(c2cccc(F)c2)C(N)CC)CCO1.